The average molecular weight is 267 g/mol. The van der Waals surface area contributed by atoms with Crippen LogP contribution < -0.4 is 16.6 Å². The molecule has 0 atom stereocenters. The molecule has 2 aromatic carbocycles. The van der Waals surface area contributed by atoms with Gasteiger partial charge in [-0.05, 0) is 16.3 Å². The third kappa shape index (κ3) is 2.47. The summed E-state index contributed by atoms with van der Waals surface area (Å²) in [7, 11) is 0. The molecule has 5 nitrogen and oxygen atoms in total. The van der Waals surface area contributed by atoms with E-state index in [1.807, 2.05) is 42.5 Å². The van der Waals surface area contributed by atoms with E-state index in [1.54, 1.807) is 0 Å². The minimum absolute atomic E-state index is 0.409. The van der Waals surface area contributed by atoms with Crippen molar-refractivity contribution in [1.29, 1.82) is 0 Å². The third-order valence-corrected chi connectivity index (χ3v) is 3.11. The first-order chi connectivity index (χ1) is 9.72. The first kappa shape index (κ1) is 12.2. The Balaban J connectivity index is 1.90. The summed E-state index contributed by atoms with van der Waals surface area (Å²) < 4.78 is 0. The molecule has 100 valence electrons. The Bertz CT molecular complexity index is 831. The van der Waals surface area contributed by atoms with Crippen LogP contribution in [0.5, 0.6) is 0 Å². The van der Waals surface area contributed by atoms with Crippen LogP contribution in [0, 0.1) is 0 Å². The van der Waals surface area contributed by atoms with E-state index in [2.05, 4.69) is 15.3 Å². The molecule has 1 heterocycles. The van der Waals surface area contributed by atoms with Gasteiger partial charge in [0.2, 0.25) is 0 Å². The molecule has 0 aliphatic heterocycles. The van der Waals surface area contributed by atoms with Crippen molar-refractivity contribution in [2.75, 3.05) is 5.32 Å². The predicted octanol–water partition coefficient (Wildman–Crippen LogP) is 1.83. The number of H-pyrrole nitrogens is 2. The van der Waals surface area contributed by atoms with Crippen LogP contribution in [-0.2, 0) is 6.54 Å². The number of rotatable bonds is 3. The third-order valence-electron chi connectivity index (χ3n) is 3.11. The molecule has 0 aliphatic carbocycles. The molecule has 0 aliphatic rings. The summed E-state index contributed by atoms with van der Waals surface area (Å²) in [6, 6.07) is 15.5. The summed E-state index contributed by atoms with van der Waals surface area (Å²) in [6.45, 7) is 0.529. The lowest BCUT2D eigenvalue weighted by molar-refractivity contribution is 1.01. The Morgan fingerprint density at radius 3 is 2.60 bits per heavy atom. The highest BCUT2D eigenvalue weighted by Crippen LogP contribution is 2.18. The lowest BCUT2D eigenvalue weighted by Crippen LogP contribution is -2.22. The van der Waals surface area contributed by atoms with Gasteiger partial charge in [-0.3, -0.25) is 14.8 Å². The molecular weight excluding hydrogens is 254 g/mol. The Morgan fingerprint density at radius 2 is 1.75 bits per heavy atom. The van der Waals surface area contributed by atoms with Crippen molar-refractivity contribution < 1.29 is 0 Å². The molecule has 5 heteroatoms. The minimum Gasteiger partial charge on any atom is -0.367 e. The highest BCUT2D eigenvalue weighted by Gasteiger charge is 2.01. The SMILES string of the molecule is O=c1cc(NCc2cccc3ccccc23)[nH]c(=O)[nH]1. The fourth-order valence-electron chi connectivity index (χ4n) is 2.20. The first-order valence-corrected chi connectivity index (χ1v) is 6.26. The molecule has 0 spiro atoms. The molecule has 0 radical (unpaired) electrons. The van der Waals surface area contributed by atoms with Crippen molar-refractivity contribution in [3.8, 4) is 0 Å². The maximum Gasteiger partial charge on any atom is 0.327 e. The van der Waals surface area contributed by atoms with Gasteiger partial charge in [-0.25, -0.2) is 4.79 Å². The lowest BCUT2D eigenvalue weighted by Gasteiger charge is -2.08. The van der Waals surface area contributed by atoms with E-state index < -0.39 is 11.2 Å². The van der Waals surface area contributed by atoms with Crippen molar-refractivity contribution in [3.63, 3.8) is 0 Å². The number of aromatic amines is 2. The fraction of sp³-hybridized carbons (Fsp3) is 0.0667. The van der Waals surface area contributed by atoms with Gasteiger partial charge in [0.15, 0.2) is 0 Å². The van der Waals surface area contributed by atoms with E-state index in [9.17, 15) is 9.59 Å². The maximum atomic E-state index is 11.2. The van der Waals surface area contributed by atoms with Crippen LogP contribution >= 0.6 is 0 Å². The van der Waals surface area contributed by atoms with Gasteiger partial charge >= 0.3 is 5.69 Å². The summed E-state index contributed by atoms with van der Waals surface area (Å²) in [4.78, 5) is 27.1. The van der Waals surface area contributed by atoms with Crippen molar-refractivity contribution in [3.05, 3.63) is 74.9 Å². The molecule has 0 unspecified atom stereocenters. The largest absolute Gasteiger partial charge is 0.367 e. The van der Waals surface area contributed by atoms with Crippen LogP contribution in [0.3, 0.4) is 0 Å². The van der Waals surface area contributed by atoms with Crippen LogP contribution in [0.25, 0.3) is 10.8 Å². The Kier molecular flexibility index (Phi) is 3.09. The zero-order valence-corrected chi connectivity index (χ0v) is 10.6. The van der Waals surface area contributed by atoms with E-state index in [1.165, 1.54) is 6.07 Å². The van der Waals surface area contributed by atoms with Gasteiger partial charge in [-0.2, -0.15) is 0 Å². The smallest absolute Gasteiger partial charge is 0.327 e. The average Bonchev–Trinajstić information content (AvgIpc) is 2.44. The van der Waals surface area contributed by atoms with Gasteiger partial charge < -0.3 is 5.32 Å². The Labute approximate surface area is 114 Å². The second kappa shape index (κ2) is 5.05. The monoisotopic (exact) mass is 267 g/mol. The number of aromatic nitrogens is 2. The molecule has 0 fully saturated rings. The molecular formula is C15H13N3O2. The zero-order chi connectivity index (χ0) is 13.9. The minimum atomic E-state index is -0.516. The number of hydrogen-bond acceptors (Lipinski definition) is 3. The van der Waals surface area contributed by atoms with E-state index in [-0.39, 0.29) is 0 Å². The van der Waals surface area contributed by atoms with Gasteiger partial charge in [0.1, 0.15) is 5.82 Å². The standard InChI is InChI=1S/C15H13N3O2/c19-14-8-13(17-15(20)18-14)16-9-11-6-3-5-10-4-1-2-7-12(10)11/h1-8H,9H2,(H3,16,17,18,19,20). The lowest BCUT2D eigenvalue weighted by atomic mass is 10.0. The van der Waals surface area contributed by atoms with Crippen LogP contribution in [0.1, 0.15) is 5.56 Å². The first-order valence-electron chi connectivity index (χ1n) is 6.26. The normalized spacial score (nSPS) is 10.6. The topological polar surface area (TPSA) is 77.8 Å². The molecule has 3 N–H and O–H groups in total. The van der Waals surface area contributed by atoms with E-state index in [0.29, 0.717) is 12.4 Å². The van der Waals surface area contributed by atoms with E-state index >= 15 is 0 Å². The molecule has 3 aromatic rings. The summed E-state index contributed by atoms with van der Waals surface area (Å²) in [6.07, 6.45) is 0. The summed E-state index contributed by atoms with van der Waals surface area (Å²) in [5, 5.41) is 5.37. The number of fused-ring (bicyclic) bond motifs is 1. The zero-order valence-electron chi connectivity index (χ0n) is 10.6. The highest BCUT2D eigenvalue weighted by molar-refractivity contribution is 5.85. The van der Waals surface area contributed by atoms with Crippen molar-refractivity contribution in [2.45, 2.75) is 6.54 Å². The second-order valence-corrected chi connectivity index (χ2v) is 4.49. The van der Waals surface area contributed by atoms with Gasteiger partial charge in [-0.15, -0.1) is 0 Å². The number of benzene rings is 2. The second-order valence-electron chi connectivity index (χ2n) is 4.49. The number of anilines is 1. The fourth-order valence-corrected chi connectivity index (χ4v) is 2.20. The molecule has 0 saturated heterocycles. The van der Waals surface area contributed by atoms with Gasteiger partial charge in [0, 0.05) is 12.6 Å². The molecule has 0 bridgehead atoms. The van der Waals surface area contributed by atoms with Crippen molar-refractivity contribution >= 4 is 16.6 Å². The van der Waals surface area contributed by atoms with E-state index in [0.717, 1.165) is 16.3 Å². The summed E-state index contributed by atoms with van der Waals surface area (Å²) in [5.41, 5.74) is 0.163. The van der Waals surface area contributed by atoms with Gasteiger partial charge in [0.05, 0.1) is 0 Å². The van der Waals surface area contributed by atoms with Crippen LogP contribution in [-0.4, -0.2) is 9.97 Å². The highest BCUT2D eigenvalue weighted by atomic mass is 16.2. The molecule has 3 rings (SSSR count). The van der Waals surface area contributed by atoms with Crippen molar-refractivity contribution in [1.82, 2.24) is 9.97 Å². The molecule has 1 aromatic heterocycles. The number of hydrogen-bond donors (Lipinski definition) is 3. The van der Waals surface area contributed by atoms with Gasteiger partial charge in [0.25, 0.3) is 5.56 Å². The van der Waals surface area contributed by atoms with Crippen LogP contribution in [0.4, 0.5) is 5.82 Å². The molecule has 0 amide bonds. The van der Waals surface area contributed by atoms with Crippen LogP contribution in [0.2, 0.25) is 0 Å². The Hall–Kier alpha value is -2.82. The summed E-state index contributed by atoms with van der Waals surface area (Å²) in [5.74, 6) is 0.409. The summed E-state index contributed by atoms with van der Waals surface area (Å²) >= 11 is 0. The van der Waals surface area contributed by atoms with Crippen LogP contribution in [0.15, 0.2) is 58.1 Å². The maximum absolute atomic E-state index is 11.2. The molecule has 20 heavy (non-hydrogen) atoms. The predicted molar refractivity (Wildman–Crippen MR) is 79.0 cm³/mol. The number of nitrogens with one attached hydrogen (secondary N) is 3. The quantitative estimate of drug-likeness (QED) is 0.677. The van der Waals surface area contributed by atoms with E-state index in [4.69, 9.17) is 0 Å². The van der Waals surface area contributed by atoms with Gasteiger partial charge in [-0.1, -0.05) is 42.5 Å². The molecule has 0 saturated carbocycles. The Morgan fingerprint density at radius 1 is 0.950 bits per heavy atom. The van der Waals surface area contributed by atoms with Crippen molar-refractivity contribution in [2.24, 2.45) is 0 Å².